The average molecular weight is 455 g/mol. The van der Waals surface area contributed by atoms with Crippen LogP contribution in [-0.2, 0) is 14.8 Å². The molecule has 0 bridgehead atoms. The third-order valence-electron chi connectivity index (χ3n) is 3.30. The van der Waals surface area contributed by atoms with E-state index < -0.39 is 67.6 Å². The summed E-state index contributed by atoms with van der Waals surface area (Å²) in [4.78, 5) is 11.1. The van der Waals surface area contributed by atoms with Crippen molar-refractivity contribution in [3.63, 3.8) is 0 Å². The molecule has 1 aromatic rings. The molecule has 27 heavy (non-hydrogen) atoms. The number of rotatable bonds is 7. The number of aliphatic hydroxyl groups excluding tert-OH is 2. The molecule has 0 radical (unpaired) electrons. The van der Waals surface area contributed by atoms with Gasteiger partial charge in [-0.3, -0.25) is 4.79 Å². The van der Waals surface area contributed by atoms with Gasteiger partial charge in [-0.25, -0.2) is 13.1 Å². The van der Waals surface area contributed by atoms with E-state index in [-0.39, 0.29) is 6.92 Å². The number of anilines is 1. The molecule has 0 heterocycles. The molecule has 1 rings (SSSR count). The van der Waals surface area contributed by atoms with E-state index in [0.29, 0.717) is 0 Å². The van der Waals surface area contributed by atoms with Crippen LogP contribution in [0.3, 0.4) is 0 Å². The smallest absolute Gasteiger partial charge is 0.394 e. The normalized spacial score (nSPS) is 15.9. The number of nitrogens with one attached hydrogen (secondary N) is 2. The largest absolute Gasteiger partial charge is 0.426 e. The Hall–Kier alpha value is -1.15. The lowest BCUT2D eigenvalue weighted by atomic mass is 10.1. The number of sulfonamides is 1. The van der Waals surface area contributed by atoms with Gasteiger partial charge < -0.3 is 20.6 Å². The highest BCUT2D eigenvalue weighted by Crippen LogP contribution is 2.37. The minimum Gasteiger partial charge on any atom is -0.394 e. The molecule has 1 unspecified atom stereocenters. The molecule has 5 N–H and O–H groups in total. The lowest BCUT2D eigenvalue weighted by molar-refractivity contribution is -0.242. The van der Waals surface area contributed by atoms with Crippen molar-refractivity contribution in [3.05, 3.63) is 22.2 Å². The molecule has 0 aromatic heterocycles. The van der Waals surface area contributed by atoms with Crippen molar-refractivity contribution in [2.24, 2.45) is 0 Å². The fraction of sp³-hybridized carbons (Fsp3) is 0.462. The highest BCUT2D eigenvalue weighted by Gasteiger charge is 2.55. The van der Waals surface area contributed by atoms with Crippen molar-refractivity contribution in [1.82, 2.24) is 4.72 Å². The summed E-state index contributed by atoms with van der Waals surface area (Å²) < 4.78 is 64.2. The number of alkyl halides is 3. The van der Waals surface area contributed by atoms with E-state index in [0.717, 1.165) is 12.1 Å². The Labute approximate surface area is 161 Å². The van der Waals surface area contributed by atoms with Crippen LogP contribution in [0.25, 0.3) is 0 Å². The molecule has 1 amide bonds. The number of hydrogen-bond acceptors (Lipinski definition) is 6. The second-order valence-corrected chi connectivity index (χ2v) is 7.94. The minimum absolute atomic E-state index is 0.229. The van der Waals surface area contributed by atoms with E-state index in [1.165, 1.54) is 0 Å². The topological polar surface area (TPSA) is 136 Å². The fourth-order valence-corrected chi connectivity index (χ4v) is 3.45. The molecule has 0 saturated heterocycles. The van der Waals surface area contributed by atoms with Gasteiger partial charge in [0.1, 0.15) is 4.90 Å². The standard InChI is InChI=1S/C13H15Cl2F3N2O6S/c1-12(24,13(16,17)18)11(23)20-7-2-3-8(10(15)9(7)14)27(25,26)19-4-6(22)5-21/h2-3,6,19,21-22,24H,4-5H2,1H3,(H,20,23)/t6?,12-/m1/s1. The molecule has 0 aliphatic carbocycles. The van der Waals surface area contributed by atoms with E-state index in [2.05, 4.69) is 0 Å². The van der Waals surface area contributed by atoms with Gasteiger partial charge >= 0.3 is 6.18 Å². The van der Waals surface area contributed by atoms with Crippen molar-refractivity contribution >= 4 is 44.8 Å². The van der Waals surface area contributed by atoms with Crippen LogP contribution < -0.4 is 10.0 Å². The van der Waals surface area contributed by atoms with Crippen LogP contribution in [0, 0.1) is 0 Å². The van der Waals surface area contributed by atoms with Crippen molar-refractivity contribution < 1.29 is 41.7 Å². The van der Waals surface area contributed by atoms with E-state index in [1.54, 1.807) is 5.32 Å². The number of carbonyl (C=O) groups is 1. The van der Waals surface area contributed by atoms with Gasteiger partial charge in [0.25, 0.3) is 5.91 Å². The third-order valence-corrected chi connectivity index (χ3v) is 5.76. The van der Waals surface area contributed by atoms with Crippen molar-refractivity contribution in [1.29, 1.82) is 0 Å². The van der Waals surface area contributed by atoms with Gasteiger partial charge in [0.05, 0.1) is 28.4 Å². The zero-order chi connectivity index (χ0) is 21.2. The molecule has 14 heteroatoms. The quantitative estimate of drug-likeness (QED) is 0.414. The van der Waals surface area contributed by atoms with Crippen molar-refractivity contribution in [2.75, 3.05) is 18.5 Å². The second-order valence-electron chi connectivity index (χ2n) is 5.45. The molecule has 0 saturated carbocycles. The Morgan fingerprint density at radius 3 is 2.30 bits per heavy atom. The Morgan fingerprint density at radius 1 is 1.26 bits per heavy atom. The highest BCUT2D eigenvalue weighted by atomic mass is 35.5. The molecule has 8 nitrogen and oxygen atoms in total. The average Bonchev–Trinajstić information content (AvgIpc) is 2.55. The second kappa shape index (κ2) is 8.47. The molecule has 154 valence electrons. The predicted octanol–water partition coefficient (Wildman–Crippen LogP) is 0.877. The first kappa shape index (κ1) is 23.9. The molecule has 0 spiro atoms. The number of carbonyl (C=O) groups excluding carboxylic acids is 1. The van der Waals surface area contributed by atoms with Gasteiger partial charge in [-0.15, -0.1) is 0 Å². The zero-order valence-corrected chi connectivity index (χ0v) is 15.8. The fourth-order valence-electron chi connectivity index (χ4n) is 1.56. The number of halogens is 5. The highest BCUT2D eigenvalue weighted by molar-refractivity contribution is 7.89. The number of hydrogen-bond donors (Lipinski definition) is 5. The predicted molar refractivity (Wildman–Crippen MR) is 90.1 cm³/mol. The summed E-state index contributed by atoms with van der Waals surface area (Å²) in [7, 11) is -4.30. The summed E-state index contributed by atoms with van der Waals surface area (Å²) in [5.74, 6) is -1.85. The van der Waals surface area contributed by atoms with Crippen LogP contribution in [-0.4, -0.2) is 60.7 Å². The number of aliphatic hydroxyl groups is 3. The SMILES string of the molecule is C[C@@](O)(C(=O)Nc1ccc(S(=O)(=O)NCC(O)CO)c(Cl)c1Cl)C(F)(F)F. The van der Waals surface area contributed by atoms with Gasteiger partial charge in [0.2, 0.25) is 15.6 Å². The van der Waals surface area contributed by atoms with Gasteiger partial charge in [-0.1, -0.05) is 23.2 Å². The monoisotopic (exact) mass is 454 g/mol. The number of benzene rings is 1. The summed E-state index contributed by atoms with van der Waals surface area (Å²) in [6.07, 6.45) is -6.65. The Morgan fingerprint density at radius 2 is 1.81 bits per heavy atom. The lowest BCUT2D eigenvalue weighted by Gasteiger charge is -2.25. The first-order valence-electron chi connectivity index (χ1n) is 7.02. The Kier molecular flexibility index (Phi) is 7.49. The maximum absolute atomic E-state index is 12.7. The van der Waals surface area contributed by atoms with Gasteiger partial charge in [-0.2, -0.15) is 13.2 Å². The maximum Gasteiger partial charge on any atom is 0.426 e. The maximum atomic E-state index is 12.7. The molecule has 1 aromatic carbocycles. The van der Waals surface area contributed by atoms with Crippen LogP contribution in [0.4, 0.5) is 18.9 Å². The summed E-state index contributed by atoms with van der Waals surface area (Å²) in [6, 6.07) is 1.72. The van der Waals surface area contributed by atoms with Crippen molar-refractivity contribution in [2.45, 2.75) is 29.7 Å². The Balaban J connectivity index is 3.14. The van der Waals surface area contributed by atoms with E-state index in [1.807, 2.05) is 4.72 Å². The van der Waals surface area contributed by atoms with Crippen LogP contribution in [0.15, 0.2) is 17.0 Å². The molecule has 2 atom stereocenters. The van der Waals surface area contributed by atoms with Gasteiger partial charge in [0, 0.05) is 6.54 Å². The molecule has 0 aliphatic rings. The first-order chi connectivity index (χ1) is 12.1. The van der Waals surface area contributed by atoms with E-state index >= 15 is 0 Å². The molecule has 0 aliphatic heterocycles. The van der Waals surface area contributed by atoms with Crippen LogP contribution in [0.5, 0.6) is 0 Å². The summed E-state index contributed by atoms with van der Waals surface area (Å²) >= 11 is 11.6. The van der Waals surface area contributed by atoms with Crippen LogP contribution in [0.2, 0.25) is 10.0 Å². The zero-order valence-electron chi connectivity index (χ0n) is 13.5. The third kappa shape index (κ3) is 5.44. The van der Waals surface area contributed by atoms with Crippen molar-refractivity contribution in [3.8, 4) is 0 Å². The molecular formula is C13H15Cl2F3N2O6S. The molecule has 0 fully saturated rings. The van der Waals surface area contributed by atoms with Gasteiger partial charge in [-0.05, 0) is 19.1 Å². The molecular weight excluding hydrogens is 440 g/mol. The Bertz CT molecular complexity index is 817. The minimum atomic E-state index is -5.27. The summed E-state index contributed by atoms with van der Waals surface area (Å²) in [5.41, 5.74) is -4.19. The van der Waals surface area contributed by atoms with E-state index in [4.69, 9.17) is 28.3 Å². The number of amides is 1. The lowest BCUT2D eigenvalue weighted by Crippen LogP contribution is -2.52. The first-order valence-corrected chi connectivity index (χ1v) is 9.26. The van der Waals surface area contributed by atoms with Crippen LogP contribution in [0.1, 0.15) is 6.92 Å². The van der Waals surface area contributed by atoms with Gasteiger partial charge in [0.15, 0.2) is 0 Å². The van der Waals surface area contributed by atoms with Crippen LogP contribution >= 0.6 is 23.2 Å². The van der Waals surface area contributed by atoms with E-state index in [9.17, 15) is 36.6 Å². The summed E-state index contributed by atoms with van der Waals surface area (Å²) in [5, 5.41) is 27.7. The summed E-state index contributed by atoms with van der Waals surface area (Å²) in [6.45, 7) is -1.02.